The molecule has 0 aliphatic heterocycles. The third-order valence-electron chi connectivity index (χ3n) is 2.47. The van der Waals surface area contributed by atoms with E-state index in [0.717, 1.165) is 9.48 Å². The van der Waals surface area contributed by atoms with E-state index in [-0.39, 0.29) is 0 Å². The average Bonchev–Trinajstić information content (AvgIpc) is 2.66. The van der Waals surface area contributed by atoms with Crippen LogP contribution in [0, 0.1) is 6.92 Å². The SMILES string of the molecule is Cc1ccc(-c2nc(C(C)C)cs2)c(Br)c1. The van der Waals surface area contributed by atoms with Crippen LogP contribution in [0.3, 0.4) is 0 Å². The first-order chi connectivity index (χ1) is 7.58. The van der Waals surface area contributed by atoms with Crippen LogP contribution in [0.15, 0.2) is 28.1 Å². The van der Waals surface area contributed by atoms with E-state index < -0.39 is 0 Å². The molecule has 0 saturated heterocycles. The van der Waals surface area contributed by atoms with E-state index in [1.165, 1.54) is 16.8 Å². The minimum atomic E-state index is 0.495. The van der Waals surface area contributed by atoms with Crippen molar-refractivity contribution in [3.05, 3.63) is 39.3 Å². The van der Waals surface area contributed by atoms with E-state index in [9.17, 15) is 0 Å². The van der Waals surface area contributed by atoms with Crippen molar-refractivity contribution in [1.29, 1.82) is 0 Å². The number of nitrogens with zero attached hydrogens (tertiary/aromatic N) is 1. The van der Waals surface area contributed by atoms with Crippen molar-refractivity contribution in [2.45, 2.75) is 26.7 Å². The number of rotatable bonds is 2. The van der Waals surface area contributed by atoms with Gasteiger partial charge in [0.25, 0.3) is 0 Å². The normalized spacial score (nSPS) is 11.1. The highest BCUT2D eigenvalue weighted by atomic mass is 79.9. The Morgan fingerprint density at radius 1 is 1.31 bits per heavy atom. The summed E-state index contributed by atoms with van der Waals surface area (Å²) >= 11 is 5.31. The summed E-state index contributed by atoms with van der Waals surface area (Å²) in [5.41, 5.74) is 3.62. The minimum absolute atomic E-state index is 0.495. The maximum absolute atomic E-state index is 4.66. The Hall–Kier alpha value is -0.670. The summed E-state index contributed by atoms with van der Waals surface area (Å²) in [4.78, 5) is 4.66. The lowest BCUT2D eigenvalue weighted by Gasteiger charge is -2.02. The number of aryl methyl sites for hydroxylation is 1. The number of benzene rings is 1. The summed E-state index contributed by atoms with van der Waals surface area (Å²) in [6.07, 6.45) is 0. The number of hydrogen-bond donors (Lipinski definition) is 0. The monoisotopic (exact) mass is 295 g/mol. The molecule has 0 amide bonds. The molecule has 0 spiro atoms. The summed E-state index contributed by atoms with van der Waals surface area (Å²) in [6.45, 7) is 6.43. The number of aromatic nitrogens is 1. The van der Waals surface area contributed by atoms with Gasteiger partial charge in [-0.25, -0.2) is 4.98 Å². The molecule has 3 heteroatoms. The minimum Gasteiger partial charge on any atom is -0.241 e. The van der Waals surface area contributed by atoms with Crippen molar-refractivity contribution >= 4 is 27.3 Å². The van der Waals surface area contributed by atoms with Crippen molar-refractivity contribution in [1.82, 2.24) is 4.98 Å². The Kier molecular flexibility index (Phi) is 3.45. The molecule has 0 unspecified atom stereocenters. The van der Waals surface area contributed by atoms with Crippen molar-refractivity contribution < 1.29 is 0 Å². The van der Waals surface area contributed by atoms with Crippen LogP contribution in [-0.4, -0.2) is 4.98 Å². The highest BCUT2D eigenvalue weighted by Crippen LogP contribution is 2.32. The molecule has 1 aromatic carbocycles. The van der Waals surface area contributed by atoms with Crippen LogP contribution in [0.2, 0.25) is 0 Å². The van der Waals surface area contributed by atoms with Crippen molar-refractivity contribution in [3.63, 3.8) is 0 Å². The Bertz CT molecular complexity index is 502. The van der Waals surface area contributed by atoms with Gasteiger partial charge < -0.3 is 0 Å². The van der Waals surface area contributed by atoms with Crippen LogP contribution in [-0.2, 0) is 0 Å². The van der Waals surface area contributed by atoms with Gasteiger partial charge in [0.15, 0.2) is 0 Å². The first-order valence-electron chi connectivity index (χ1n) is 5.30. The molecular formula is C13H14BrNS. The molecule has 1 nitrogen and oxygen atoms in total. The van der Waals surface area contributed by atoms with Crippen molar-refractivity contribution in [2.24, 2.45) is 0 Å². The molecule has 2 aromatic rings. The fourth-order valence-corrected chi connectivity index (χ4v) is 3.30. The lowest BCUT2D eigenvalue weighted by Crippen LogP contribution is -1.87. The van der Waals surface area contributed by atoms with E-state index in [2.05, 4.69) is 65.3 Å². The van der Waals surface area contributed by atoms with Crippen LogP contribution in [0.5, 0.6) is 0 Å². The van der Waals surface area contributed by atoms with E-state index in [1.54, 1.807) is 11.3 Å². The summed E-state index contributed by atoms with van der Waals surface area (Å²) in [7, 11) is 0. The molecule has 0 N–H and O–H groups in total. The fourth-order valence-electron chi connectivity index (χ4n) is 1.47. The Morgan fingerprint density at radius 2 is 2.06 bits per heavy atom. The number of hydrogen-bond acceptors (Lipinski definition) is 2. The third-order valence-corrected chi connectivity index (χ3v) is 4.02. The Labute approximate surface area is 109 Å². The van der Waals surface area contributed by atoms with Crippen LogP contribution >= 0.6 is 27.3 Å². The molecule has 0 atom stereocenters. The highest BCUT2D eigenvalue weighted by Gasteiger charge is 2.09. The second-order valence-electron chi connectivity index (χ2n) is 4.22. The molecule has 0 bridgehead atoms. The van der Waals surface area contributed by atoms with Gasteiger partial charge in [-0.05, 0) is 24.5 Å². The summed E-state index contributed by atoms with van der Waals surface area (Å²) < 4.78 is 1.12. The van der Waals surface area contributed by atoms with Gasteiger partial charge in [-0.3, -0.25) is 0 Å². The zero-order chi connectivity index (χ0) is 11.7. The quantitative estimate of drug-likeness (QED) is 0.759. The van der Waals surface area contributed by atoms with Gasteiger partial charge in [0.1, 0.15) is 5.01 Å². The van der Waals surface area contributed by atoms with Crippen LogP contribution < -0.4 is 0 Å². The maximum atomic E-state index is 4.66. The lowest BCUT2D eigenvalue weighted by molar-refractivity contribution is 0.834. The number of halogens is 1. The molecule has 0 aliphatic carbocycles. The van der Waals surface area contributed by atoms with E-state index in [0.29, 0.717) is 5.92 Å². The molecule has 1 heterocycles. The first kappa shape index (κ1) is 11.8. The van der Waals surface area contributed by atoms with Crippen molar-refractivity contribution in [3.8, 4) is 10.6 Å². The molecule has 0 radical (unpaired) electrons. The van der Waals surface area contributed by atoms with E-state index in [1.807, 2.05) is 0 Å². The van der Waals surface area contributed by atoms with Crippen LogP contribution in [0.1, 0.15) is 31.0 Å². The Morgan fingerprint density at radius 3 is 2.62 bits per heavy atom. The van der Waals surface area contributed by atoms with Gasteiger partial charge in [0, 0.05) is 15.4 Å². The average molecular weight is 296 g/mol. The van der Waals surface area contributed by atoms with Crippen LogP contribution in [0.25, 0.3) is 10.6 Å². The van der Waals surface area contributed by atoms with Gasteiger partial charge in [-0.15, -0.1) is 11.3 Å². The lowest BCUT2D eigenvalue weighted by atomic mass is 10.1. The van der Waals surface area contributed by atoms with Crippen molar-refractivity contribution in [2.75, 3.05) is 0 Å². The smallest absolute Gasteiger partial charge is 0.124 e. The molecule has 0 fully saturated rings. The number of thiazole rings is 1. The molecule has 1 aromatic heterocycles. The van der Waals surface area contributed by atoms with Gasteiger partial charge in [-0.2, -0.15) is 0 Å². The first-order valence-corrected chi connectivity index (χ1v) is 6.97. The largest absolute Gasteiger partial charge is 0.241 e. The molecule has 84 valence electrons. The molecule has 2 rings (SSSR count). The second-order valence-corrected chi connectivity index (χ2v) is 5.93. The predicted molar refractivity (Wildman–Crippen MR) is 74.1 cm³/mol. The summed E-state index contributed by atoms with van der Waals surface area (Å²) in [6, 6.07) is 6.38. The predicted octanol–water partition coefficient (Wildman–Crippen LogP) is 5.00. The molecule has 0 saturated carbocycles. The molecule has 0 aliphatic rings. The highest BCUT2D eigenvalue weighted by molar-refractivity contribution is 9.10. The Balaban J connectivity index is 2.42. The standard InChI is InChI=1S/C13H14BrNS/c1-8(2)12-7-16-13(15-12)10-5-4-9(3)6-11(10)14/h4-8H,1-3H3. The molecule has 16 heavy (non-hydrogen) atoms. The van der Waals surface area contributed by atoms with Gasteiger partial charge >= 0.3 is 0 Å². The second kappa shape index (κ2) is 4.68. The van der Waals surface area contributed by atoms with E-state index in [4.69, 9.17) is 0 Å². The van der Waals surface area contributed by atoms with Gasteiger partial charge in [0.05, 0.1) is 5.69 Å². The summed E-state index contributed by atoms with van der Waals surface area (Å²) in [5.74, 6) is 0.495. The van der Waals surface area contributed by atoms with E-state index >= 15 is 0 Å². The van der Waals surface area contributed by atoms with Gasteiger partial charge in [0.2, 0.25) is 0 Å². The topological polar surface area (TPSA) is 12.9 Å². The fraction of sp³-hybridized carbons (Fsp3) is 0.308. The third kappa shape index (κ3) is 2.36. The zero-order valence-electron chi connectivity index (χ0n) is 9.62. The van der Waals surface area contributed by atoms with Gasteiger partial charge in [-0.1, -0.05) is 41.9 Å². The maximum Gasteiger partial charge on any atom is 0.124 e. The zero-order valence-corrected chi connectivity index (χ0v) is 12.0. The van der Waals surface area contributed by atoms with Crippen LogP contribution in [0.4, 0.5) is 0 Å². The molecular weight excluding hydrogens is 282 g/mol. The summed E-state index contributed by atoms with van der Waals surface area (Å²) in [5, 5.41) is 3.24.